The van der Waals surface area contributed by atoms with E-state index >= 15 is 0 Å². The van der Waals surface area contributed by atoms with Crippen molar-refractivity contribution >= 4 is 10.9 Å². The number of rotatable bonds is 2. The second kappa shape index (κ2) is 3.45. The Morgan fingerprint density at radius 1 is 1.43 bits per heavy atom. The fraction of sp³-hybridized carbons (Fsp3) is 0.417. The predicted octanol–water partition coefficient (Wildman–Crippen LogP) is 3.32. The van der Waals surface area contributed by atoms with E-state index in [2.05, 4.69) is 48.8 Å². The molecule has 0 bridgehead atoms. The van der Waals surface area contributed by atoms with Crippen LogP contribution in [-0.2, 0) is 0 Å². The first-order chi connectivity index (χ1) is 6.72. The third-order valence-electron chi connectivity index (χ3n) is 2.76. The summed E-state index contributed by atoms with van der Waals surface area (Å²) in [6.07, 6.45) is 3.07. The Morgan fingerprint density at radius 3 is 2.93 bits per heavy atom. The van der Waals surface area contributed by atoms with Crippen LogP contribution in [0.1, 0.15) is 31.9 Å². The molecule has 1 atom stereocenters. The van der Waals surface area contributed by atoms with Gasteiger partial charge in [-0.15, -0.1) is 0 Å². The van der Waals surface area contributed by atoms with Gasteiger partial charge in [-0.25, -0.2) is 0 Å². The van der Waals surface area contributed by atoms with E-state index in [1.54, 1.807) is 0 Å². The van der Waals surface area contributed by atoms with Crippen LogP contribution in [0.2, 0.25) is 0 Å². The predicted molar refractivity (Wildman–Crippen MR) is 59.5 cm³/mol. The van der Waals surface area contributed by atoms with Crippen LogP contribution in [0.4, 0.5) is 0 Å². The molecule has 2 nitrogen and oxygen atoms in total. The Balaban J connectivity index is 2.58. The van der Waals surface area contributed by atoms with Crippen LogP contribution in [0.3, 0.4) is 0 Å². The number of aryl methyl sites for hydroxylation is 1. The molecule has 1 heterocycles. The second-order valence-corrected chi connectivity index (χ2v) is 3.91. The van der Waals surface area contributed by atoms with E-state index in [9.17, 15) is 0 Å². The molecule has 14 heavy (non-hydrogen) atoms. The Morgan fingerprint density at radius 2 is 2.21 bits per heavy atom. The smallest absolute Gasteiger partial charge is 0.0685 e. The lowest BCUT2D eigenvalue weighted by Gasteiger charge is -2.10. The van der Waals surface area contributed by atoms with Gasteiger partial charge in [-0.1, -0.05) is 18.6 Å². The van der Waals surface area contributed by atoms with E-state index < -0.39 is 0 Å². The van der Waals surface area contributed by atoms with E-state index in [1.165, 1.54) is 16.5 Å². The summed E-state index contributed by atoms with van der Waals surface area (Å²) in [5.74, 6) is 0. The first kappa shape index (κ1) is 9.25. The van der Waals surface area contributed by atoms with Crippen molar-refractivity contribution in [2.24, 2.45) is 0 Å². The van der Waals surface area contributed by atoms with Gasteiger partial charge in [-0.3, -0.25) is 4.68 Å². The van der Waals surface area contributed by atoms with Gasteiger partial charge >= 0.3 is 0 Å². The van der Waals surface area contributed by atoms with Crippen LogP contribution in [0.25, 0.3) is 10.9 Å². The summed E-state index contributed by atoms with van der Waals surface area (Å²) in [5.41, 5.74) is 2.53. The molecule has 0 saturated carbocycles. The maximum absolute atomic E-state index is 4.42. The van der Waals surface area contributed by atoms with E-state index in [-0.39, 0.29) is 0 Å². The molecular weight excluding hydrogens is 172 g/mol. The zero-order chi connectivity index (χ0) is 10.1. The maximum atomic E-state index is 4.42. The maximum Gasteiger partial charge on any atom is 0.0685 e. The highest BCUT2D eigenvalue weighted by Gasteiger charge is 2.07. The van der Waals surface area contributed by atoms with Crippen LogP contribution < -0.4 is 0 Å². The zero-order valence-corrected chi connectivity index (χ0v) is 8.99. The van der Waals surface area contributed by atoms with E-state index in [0.717, 1.165) is 6.42 Å². The van der Waals surface area contributed by atoms with Crippen molar-refractivity contribution in [3.05, 3.63) is 30.0 Å². The molecule has 0 radical (unpaired) electrons. The van der Waals surface area contributed by atoms with Crippen molar-refractivity contribution in [2.75, 3.05) is 0 Å². The summed E-state index contributed by atoms with van der Waals surface area (Å²) < 4.78 is 2.11. The van der Waals surface area contributed by atoms with E-state index in [0.29, 0.717) is 6.04 Å². The highest BCUT2D eigenvalue weighted by Crippen LogP contribution is 2.20. The number of hydrogen-bond acceptors (Lipinski definition) is 1. The summed E-state index contributed by atoms with van der Waals surface area (Å²) in [7, 11) is 0. The van der Waals surface area contributed by atoms with Crippen molar-refractivity contribution in [2.45, 2.75) is 33.2 Å². The number of benzene rings is 1. The van der Waals surface area contributed by atoms with Crippen LogP contribution in [0.15, 0.2) is 24.4 Å². The van der Waals surface area contributed by atoms with Crippen LogP contribution in [0, 0.1) is 6.92 Å². The van der Waals surface area contributed by atoms with Gasteiger partial charge in [-0.05, 0) is 32.4 Å². The van der Waals surface area contributed by atoms with Crippen LogP contribution in [-0.4, -0.2) is 9.78 Å². The van der Waals surface area contributed by atoms with Gasteiger partial charge in [0.2, 0.25) is 0 Å². The molecular formula is C12H16N2. The van der Waals surface area contributed by atoms with Gasteiger partial charge < -0.3 is 0 Å². The molecule has 0 aliphatic carbocycles. The fourth-order valence-corrected chi connectivity index (χ4v) is 1.70. The first-order valence-corrected chi connectivity index (χ1v) is 5.16. The highest BCUT2D eigenvalue weighted by molar-refractivity contribution is 5.79. The number of aromatic nitrogens is 2. The summed E-state index contributed by atoms with van der Waals surface area (Å²) in [6, 6.07) is 6.96. The lowest BCUT2D eigenvalue weighted by molar-refractivity contribution is 0.493. The molecule has 0 aliphatic heterocycles. The average Bonchev–Trinajstić information content (AvgIpc) is 2.59. The van der Waals surface area contributed by atoms with E-state index in [1.807, 2.05) is 6.20 Å². The van der Waals surface area contributed by atoms with Crippen molar-refractivity contribution in [3.8, 4) is 0 Å². The van der Waals surface area contributed by atoms with Crippen LogP contribution in [0.5, 0.6) is 0 Å². The first-order valence-electron chi connectivity index (χ1n) is 5.16. The lowest BCUT2D eigenvalue weighted by atomic mass is 10.2. The van der Waals surface area contributed by atoms with Gasteiger partial charge in [0.15, 0.2) is 0 Å². The van der Waals surface area contributed by atoms with Gasteiger partial charge in [0.05, 0.1) is 11.7 Å². The minimum atomic E-state index is 0.482. The van der Waals surface area contributed by atoms with Crippen molar-refractivity contribution < 1.29 is 0 Å². The van der Waals surface area contributed by atoms with Gasteiger partial charge in [0.25, 0.3) is 0 Å². The molecule has 0 aliphatic rings. The molecule has 0 amide bonds. The SMILES string of the molecule is CCC(C)n1ncc2cc(C)ccc21. The summed E-state index contributed by atoms with van der Waals surface area (Å²) in [6.45, 7) is 6.50. The van der Waals surface area contributed by atoms with Crippen molar-refractivity contribution in [1.29, 1.82) is 0 Å². The highest BCUT2D eigenvalue weighted by atomic mass is 15.3. The third kappa shape index (κ3) is 1.41. The average molecular weight is 188 g/mol. The topological polar surface area (TPSA) is 17.8 Å². The minimum Gasteiger partial charge on any atom is -0.262 e. The summed E-state index contributed by atoms with van der Waals surface area (Å²) in [4.78, 5) is 0. The number of hydrogen-bond donors (Lipinski definition) is 0. The minimum absolute atomic E-state index is 0.482. The van der Waals surface area contributed by atoms with Gasteiger partial charge in [0.1, 0.15) is 0 Å². The molecule has 2 heteroatoms. The van der Waals surface area contributed by atoms with Crippen molar-refractivity contribution in [3.63, 3.8) is 0 Å². The number of fused-ring (bicyclic) bond motifs is 1. The molecule has 1 aromatic heterocycles. The Kier molecular flexibility index (Phi) is 2.28. The molecule has 0 fully saturated rings. The monoisotopic (exact) mass is 188 g/mol. The van der Waals surface area contributed by atoms with Crippen molar-refractivity contribution in [1.82, 2.24) is 9.78 Å². The standard InChI is InChI=1S/C12H16N2/c1-4-10(3)14-12-6-5-9(2)7-11(12)8-13-14/h5-8,10H,4H2,1-3H3. The quantitative estimate of drug-likeness (QED) is 0.707. The largest absolute Gasteiger partial charge is 0.262 e. The molecule has 0 saturated heterocycles. The third-order valence-corrected chi connectivity index (χ3v) is 2.76. The van der Waals surface area contributed by atoms with E-state index in [4.69, 9.17) is 0 Å². The molecule has 1 aromatic carbocycles. The molecule has 2 rings (SSSR count). The zero-order valence-electron chi connectivity index (χ0n) is 8.99. The summed E-state index contributed by atoms with van der Waals surface area (Å²) in [5, 5.41) is 5.66. The number of nitrogens with zero attached hydrogens (tertiary/aromatic N) is 2. The fourth-order valence-electron chi connectivity index (χ4n) is 1.70. The second-order valence-electron chi connectivity index (χ2n) is 3.91. The Hall–Kier alpha value is -1.31. The molecule has 1 unspecified atom stereocenters. The van der Waals surface area contributed by atoms with Crippen LogP contribution >= 0.6 is 0 Å². The Labute approximate surface area is 84.5 Å². The summed E-state index contributed by atoms with van der Waals surface area (Å²) >= 11 is 0. The normalized spacial score (nSPS) is 13.4. The molecule has 2 aromatic rings. The Bertz CT molecular complexity index is 443. The van der Waals surface area contributed by atoms with Gasteiger partial charge in [0, 0.05) is 11.4 Å². The molecule has 0 N–H and O–H groups in total. The molecule has 74 valence electrons. The van der Waals surface area contributed by atoms with Gasteiger partial charge in [-0.2, -0.15) is 5.10 Å². The lowest BCUT2D eigenvalue weighted by Crippen LogP contribution is -2.04. The molecule has 0 spiro atoms.